The Morgan fingerprint density at radius 3 is 3.12 bits per heavy atom. The van der Waals surface area contributed by atoms with Crippen LogP contribution in [0.3, 0.4) is 0 Å². The number of nitrogens with two attached hydrogens (primary N) is 1. The predicted octanol–water partition coefficient (Wildman–Crippen LogP) is 0.727. The van der Waals surface area contributed by atoms with Gasteiger partial charge in [0.1, 0.15) is 0 Å². The Balaban J connectivity index is 1.85. The molecular formula is C13H20N4. The Kier molecular flexibility index (Phi) is 2.76. The van der Waals surface area contributed by atoms with E-state index in [-0.39, 0.29) is 0 Å². The van der Waals surface area contributed by atoms with Gasteiger partial charge in [-0.3, -0.25) is 4.98 Å². The highest BCUT2D eigenvalue weighted by Gasteiger charge is 2.51. The summed E-state index contributed by atoms with van der Waals surface area (Å²) in [5, 5.41) is 3.29. The first-order chi connectivity index (χ1) is 8.33. The van der Waals surface area contributed by atoms with Gasteiger partial charge in [-0.2, -0.15) is 0 Å². The van der Waals surface area contributed by atoms with Gasteiger partial charge in [-0.05, 0) is 37.4 Å². The predicted molar refractivity (Wildman–Crippen MR) is 68.8 cm³/mol. The second kappa shape index (κ2) is 4.27. The van der Waals surface area contributed by atoms with Crippen LogP contribution in [-0.4, -0.2) is 30.7 Å². The molecule has 3 rings (SSSR count). The first-order valence-electron chi connectivity index (χ1n) is 6.40. The van der Waals surface area contributed by atoms with Gasteiger partial charge >= 0.3 is 0 Å². The highest BCUT2D eigenvalue weighted by molar-refractivity contribution is 5.52. The molecule has 3 N–H and O–H groups in total. The summed E-state index contributed by atoms with van der Waals surface area (Å²) in [6.07, 6.45) is 6.50. The van der Waals surface area contributed by atoms with Crippen LogP contribution in [-0.2, 0) is 6.54 Å². The minimum atomic E-state index is 0.569. The monoisotopic (exact) mass is 232 g/mol. The Hall–Kier alpha value is -1.13. The van der Waals surface area contributed by atoms with Gasteiger partial charge in [0.15, 0.2) is 0 Å². The van der Waals surface area contributed by atoms with Gasteiger partial charge in [0.05, 0.1) is 11.9 Å². The second-order valence-electron chi connectivity index (χ2n) is 5.17. The summed E-state index contributed by atoms with van der Waals surface area (Å²) in [6.45, 7) is 1.62. The van der Waals surface area contributed by atoms with E-state index in [0.717, 1.165) is 24.1 Å². The van der Waals surface area contributed by atoms with E-state index in [1.807, 2.05) is 19.4 Å². The minimum absolute atomic E-state index is 0.569. The molecule has 2 heterocycles. The lowest BCUT2D eigenvalue weighted by molar-refractivity contribution is 0.564. The van der Waals surface area contributed by atoms with Crippen molar-refractivity contribution in [2.45, 2.75) is 31.5 Å². The maximum atomic E-state index is 5.68. The van der Waals surface area contributed by atoms with E-state index in [9.17, 15) is 0 Å². The summed E-state index contributed by atoms with van der Waals surface area (Å²) in [4.78, 5) is 6.85. The van der Waals surface area contributed by atoms with Crippen LogP contribution >= 0.6 is 0 Å². The number of hydrogen-bond donors (Lipinski definition) is 2. The van der Waals surface area contributed by atoms with Crippen LogP contribution in [0.25, 0.3) is 0 Å². The Labute approximate surface area is 102 Å². The van der Waals surface area contributed by atoms with Gasteiger partial charge < -0.3 is 16.0 Å². The summed E-state index contributed by atoms with van der Waals surface area (Å²) < 4.78 is 0. The lowest BCUT2D eigenvalue weighted by Crippen LogP contribution is -2.39. The maximum Gasteiger partial charge on any atom is 0.0561 e. The molecule has 1 aromatic rings. The molecule has 0 amide bonds. The Morgan fingerprint density at radius 1 is 1.47 bits per heavy atom. The molecule has 1 aliphatic heterocycles. The third-order valence-corrected chi connectivity index (χ3v) is 3.96. The summed E-state index contributed by atoms with van der Waals surface area (Å²) in [5.41, 5.74) is 8.05. The third kappa shape index (κ3) is 1.91. The number of aromatic nitrogens is 1. The molecule has 1 aromatic heterocycles. The standard InChI is InChI=1S/C13H20N4/c1-15-7-12-3-10-4-13(10)17(12)11-2-9(5-14)6-16-8-11/h2,6,8,10,12-13,15H,3-5,7,14H2,1H3. The number of nitrogens with one attached hydrogen (secondary N) is 1. The number of fused-ring (bicyclic) bond motifs is 1. The van der Waals surface area contributed by atoms with E-state index < -0.39 is 0 Å². The molecule has 2 fully saturated rings. The lowest BCUT2D eigenvalue weighted by atomic mass is 10.1. The topological polar surface area (TPSA) is 54.2 Å². The van der Waals surface area contributed by atoms with Crippen LogP contribution in [0.15, 0.2) is 18.5 Å². The van der Waals surface area contributed by atoms with Gasteiger partial charge in [-0.15, -0.1) is 0 Å². The van der Waals surface area contributed by atoms with Crippen molar-refractivity contribution in [3.63, 3.8) is 0 Å². The highest BCUT2D eigenvalue weighted by Crippen LogP contribution is 2.49. The van der Waals surface area contributed by atoms with E-state index in [0.29, 0.717) is 12.6 Å². The van der Waals surface area contributed by atoms with Crippen molar-refractivity contribution in [1.29, 1.82) is 0 Å². The fourth-order valence-electron chi connectivity index (χ4n) is 3.11. The van der Waals surface area contributed by atoms with E-state index in [1.165, 1.54) is 18.5 Å². The molecule has 1 saturated carbocycles. The fraction of sp³-hybridized carbons (Fsp3) is 0.615. The van der Waals surface area contributed by atoms with Crippen molar-refractivity contribution in [2.24, 2.45) is 11.7 Å². The Bertz CT molecular complexity index is 406. The van der Waals surface area contributed by atoms with Gasteiger partial charge in [0.2, 0.25) is 0 Å². The van der Waals surface area contributed by atoms with Crippen molar-refractivity contribution in [3.8, 4) is 0 Å². The molecule has 0 spiro atoms. The molecule has 92 valence electrons. The van der Waals surface area contributed by atoms with Crippen LogP contribution in [0, 0.1) is 5.92 Å². The number of pyridine rings is 1. The molecule has 3 atom stereocenters. The molecule has 1 aliphatic carbocycles. The van der Waals surface area contributed by atoms with Gasteiger partial charge in [-0.25, -0.2) is 0 Å². The third-order valence-electron chi connectivity index (χ3n) is 3.96. The van der Waals surface area contributed by atoms with Crippen molar-refractivity contribution in [3.05, 3.63) is 24.0 Å². The SMILES string of the molecule is CNCC1CC2CC2N1c1cncc(CN)c1. The number of piperidine rings is 1. The van der Waals surface area contributed by atoms with Gasteiger partial charge in [0.25, 0.3) is 0 Å². The number of hydrogen-bond acceptors (Lipinski definition) is 4. The molecule has 2 aliphatic rings. The minimum Gasteiger partial charge on any atom is -0.363 e. The molecule has 0 radical (unpaired) electrons. The lowest BCUT2D eigenvalue weighted by Gasteiger charge is -2.29. The number of rotatable bonds is 4. The molecule has 4 nitrogen and oxygen atoms in total. The quantitative estimate of drug-likeness (QED) is 0.803. The van der Waals surface area contributed by atoms with E-state index in [4.69, 9.17) is 5.73 Å². The van der Waals surface area contributed by atoms with Crippen LogP contribution in [0.1, 0.15) is 18.4 Å². The second-order valence-corrected chi connectivity index (χ2v) is 5.17. The summed E-state index contributed by atoms with van der Waals surface area (Å²) >= 11 is 0. The zero-order valence-corrected chi connectivity index (χ0v) is 10.3. The zero-order valence-electron chi connectivity index (χ0n) is 10.3. The van der Waals surface area contributed by atoms with Gasteiger partial charge in [0, 0.05) is 31.4 Å². The number of likely N-dealkylation sites (N-methyl/N-ethyl adjacent to an activating group) is 1. The normalized spacial score (nSPS) is 30.5. The van der Waals surface area contributed by atoms with Crippen LogP contribution in [0.2, 0.25) is 0 Å². The summed E-state index contributed by atoms with van der Waals surface area (Å²) in [6, 6.07) is 3.57. The summed E-state index contributed by atoms with van der Waals surface area (Å²) in [5.74, 6) is 0.912. The molecule has 0 bridgehead atoms. The first-order valence-corrected chi connectivity index (χ1v) is 6.40. The molecule has 0 aromatic carbocycles. The first kappa shape index (κ1) is 11.0. The van der Waals surface area contributed by atoms with E-state index in [1.54, 1.807) is 0 Å². The average molecular weight is 232 g/mol. The van der Waals surface area contributed by atoms with Crippen LogP contribution in [0.4, 0.5) is 5.69 Å². The van der Waals surface area contributed by atoms with Crippen molar-refractivity contribution in [2.75, 3.05) is 18.5 Å². The molecule has 1 saturated heterocycles. The zero-order chi connectivity index (χ0) is 11.8. The number of nitrogens with zero attached hydrogens (tertiary/aromatic N) is 2. The highest BCUT2D eigenvalue weighted by atomic mass is 15.3. The molecule has 17 heavy (non-hydrogen) atoms. The van der Waals surface area contributed by atoms with Crippen molar-refractivity contribution < 1.29 is 0 Å². The molecular weight excluding hydrogens is 212 g/mol. The molecule has 3 unspecified atom stereocenters. The maximum absolute atomic E-state index is 5.68. The van der Waals surface area contributed by atoms with Gasteiger partial charge in [-0.1, -0.05) is 0 Å². The van der Waals surface area contributed by atoms with Crippen LogP contribution < -0.4 is 16.0 Å². The molecule has 4 heteroatoms. The van der Waals surface area contributed by atoms with Crippen molar-refractivity contribution >= 4 is 5.69 Å². The van der Waals surface area contributed by atoms with Crippen LogP contribution in [0.5, 0.6) is 0 Å². The van der Waals surface area contributed by atoms with E-state index in [2.05, 4.69) is 21.3 Å². The van der Waals surface area contributed by atoms with Crippen molar-refractivity contribution in [1.82, 2.24) is 10.3 Å². The van der Waals surface area contributed by atoms with E-state index >= 15 is 0 Å². The Morgan fingerprint density at radius 2 is 2.35 bits per heavy atom. The summed E-state index contributed by atoms with van der Waals surface area (Å²) in [7, 11) is 2.02. The largest absolute Gasteiger partial charge is 0.363 e. The smallest absolute Gasteiger partial charge is 0.0561 e. The number of anilines is 1. The average Bonchev–Trinajstić information content (AvgIpc) is 3.02. The fourth-order valence-corrected chi connectivity index (χ4v) is 3.11.